The maximum absolute atomic E-state index is 14.0. The molecule has 3 rings (SSSR count). The molecule has 2 fully saturated rings. The van der Waals surface area contributed by atoms with Crippen molar-refractivity contribution >= 4 is 15.9 Å². The molecule has 0 aromatic heterocycles. The van der Waals surface area contributed by atoms with Gasteiger partial charge in [0.05, 0.1) is 12.0 Å². The van der Waals surface area contributed by atoms with E-state index in [1.165, 1.54) is 0 Å². The molecule has 0 radical (unpaired) electrons. The van der Waals surface area contributed by atoms with Crippen molar-refractivity contribution in [3.63, 3.8) is 0 Å². The summed E-state index contributed by atoms with van der Waals surface area (Å²) in [5.41, 5.74) is 0. The third kappa shape index (κ3) is 4.64. The van der Waals surface area contributed by atoms with Crippen LogP contribution >= 0.6 is 0 Å². The van der Waals surface area contributed by atoms with E-state index in [0.717, 1.165) is 35.7 Å². The van der Waals surface area contributed by atoms with Gasteiger partial charge in [-0.15, -0.1) is 0 Å². The molecule has 1 heterocycles. The highest BCUT2D eigenvalue weighted by molar-refractivity contribution is 7.89. The Hall–Kier alpha value is -1.58. The zero-order valence-electron chi connectivity index (χ0n) is 14.9. The lowest BCUT2D eigenvalue weighted by Crippen LogP contribution is -2.48. The number of sulfonamides is 1. The Morgan fingerprint density at radius 3 is 2.67 bits per heavy atom. The Kier molecular flexibility index (Phi) is 6.12. The van der Waals surface area contributed by atoms with E-state index in [2.05, 4.69) is 5.32 Å². The van der Waals surface area contributed by atoms with Gasteiger partial charge in [-0.1, -0.05) is 0 Å². The first kappa shape index (κ1) is 20.2. The van der Waals surface area contributed by atoms with Gasteiger partial charge in [0, 0.05) is 25.2 Å². The van der Waals surface area contributed by atoms with Gasteiger partial charge in [-0.25, -0.2) is 17.2 Å². The Morgan fingerprint density at radius 1 is 1.19 bits per heavy atom. The second kappa shape index (κ2) is 8.20. The second-order valence-corrected chi connectivity index (χ2v) is 9.21. The van der Waals surface area contributed by atoms with Crippen molar-refractivity contribution in [3.8, 4) is 0 Å². The number of carbonyl (C=O) groups excluding carboxylic acids is 1. The molecule has 2 N–H and O–H groups in total. The van der Waals surface area contributed by atoms with Crippen LogP contribution in [0.5, 0.6) is 0 Å². The van der Waals surface area contributed by atoms with E-state index in [1.807, 2.05) is 0 Å². The average Bonchev–Trinajstić information content (AvgIpc) is 2.61. The molecule has 1 saturated heterocycles. The van der Waals surface area contributed by atoms with Crippen LogP contribution in [0.2, 0.25) is 0 Å². The molecular formula is C18H24F2N2O4S. The molecule has 150 valence electrons. The first-order valence-electron chi connectivity index (χ1n) is 9.21. The van der Waals surface area contributed by atoms with Gasteiger partial charge in [0.1, 0.15) is 16.5 Å². The van der Waals surface area contributed by atoms with Gasteiger partial charge in [-0.05, 0) is 50.7 Å². The number of aliphatic hydroxyl groups is 1. The molecule has 9 heteroatoms. The average molecular weight is 402 g/mol. The molecule has 0 spiro atoms. The van der Waals surface area contributed by atoms with E-state index < -0.39 is 38.6 Å². The summed E-state index contributed by atoms with van der Waals surface area (Å²) < 4.78 is 53.6. The molecule has 27 heavy (non-hydrogen) atoms. The van der Waals surface area contributed by atoms with Gasteiger partial charge in [0.2, 0.25) is 15.9 Å². The van der Waals surface area contributed by atoms with Gasteiger partial charge < -0.3 is 10.4 Å². The van der Waals surface area contributed by atoms with E-state index in [-0.39, 0.29) is 25.0 Å². The van der Waals surface area contributed by atoms with Crippen LogP contribution in [0, 0.1) is 17.6 Å². The molecule has 2 unspecified atom stereocenters. The normalized spacial score (nSPS) is 27.3. The lowest BCUT2D eigenvalue weighted by molar-refractivity contribution is -0.127. The Bertz CT molecular complexity index is 803. The highest BCUT2D eigenvalue weighted by Crippen LogP contribution is 2.26. The third-order valence-corrected chi connectivity index (χ3v) is 7.16. The van der Waals surface area contributed by atoms with Crippen LogP contribution in [0.15, 0.2) is 23.1 Å². The first-order valence-corrected chi connectivity index (χ1v) is 10.6. The van der Waals surface area contributed by atoms with Crippen molar-refractivity contribution in [1.29, 1.82) is 0 Å². The second-order valence-electron chi connectivity index (χ2n) is 7.30. The maximum atomic E-state index is 14.0. The fourth-order valence-electron chi connectivity index (χ4n) is 3.81. The lowest BCUT2D eigenvalue weighted by atomic mass is 9.91. The molecule has 1 aromatic rings. The minimum absolute atomic E-state index is 0.0414. The number of aliphatic hydroxyl groups excluding tert-OH is 1. The summed E-state index contributed by atoms with van der Waals surface area (Å²) in [5, 5.41) is 12.6. The van der Waals surface area contributed by atoms with Crippen LogP contribution in [-0.4, -0.2) is 49.0 Å². The number of hydrogen-bond acceptors (Lipinski definition) is 4. The Balaban J connectivity index is 1.68. The highest BCUT2D eigenvalue weighted by Gasteiger charge is 2.35. The van der Waals surface area contributed by atoms with Gasteiger partial charge in [0.15, 0.2) is 0 Å². The Morgan fingerprint density at radius 2 is 1.96 bits per heavy atom. The monoisotopic (exact) mass is 402 g/mol. The zero-order chi connectivity index (χ0) is 19.6. The topological polar surface area (TPSA) is 86.7 Å². The summed E-state index contributed by atoms with van der Waals surface area (Å²) >= 11 is 0. The number of nitrogens with one attached hydrogen (secondary N) is 1. The summed E-state index contributed by atoms with van der Waals surface area (Å²) in [6.45, 7) is 0.144. The zero-order valence-corrected chi connectivity index (χ0v) is 15.7. The van der Waals surface area contributed by atoms with Crippen LogP contribution in [0.3, 0.4) is 0 Å². The number of amides is 1. The highest BCUT2D eigenvalue weighted by atomic mass is 32.2. The fourth-order valence-corrected chi connectivity index (χ4v) is 5.38. The minimum atomic E-state index is -4.15. The number of nitrogens with zero attached hydrogens (tertiary/aromatic N) is 1. The van der Waals surface area contributed by atoms with Crippen molar-refractivity contribution in [1.82, 2.24) is 9.62 Å². The van der Waals surface area contributed by atoms with Gasteiger partial charge in [-0.3, -0.25) is 4.79 Å². The predicted octanol–water partition coefficient (Wildman–Crippen LogP) is 1.79. The van der Waals surface area contributed by atoms with Crippen LogP contribution in [0.25, 0.3) is 0 Å². The van der Waals surface area contributed by atoms with Gasteiger partial charge in [-0.2, -0.15) is 4.31 Å². The molecule has 1 amide bonds. The number of benzene rings is 1. The molecule has 1 aliphatic heterocycles. The molecule has 3 atom stereocenters. The van der Waals surface area contributed by atoms with Crippen molar-refractivity contribution in [3.05, 3.63) is 29.8 Å². The molecule has 1 aliphatic carbocycles. The quantitative estimate of drug-likeness (QED) is 0.804. The van der Waals surface area contributed by atoms with E-state index in [1.54, 1.807) is 0 Å². The number of rotatable bonds is 4. The summed E-state index contributed by atoms with van der Waals surface area (Å²) in [6, 6.07) is 2.24. The number of halogens is 2. The van der Waals surface area contributed by atoms with Crippen molar-refractivity contribution in [2.75, 3.05) is 13.1 Å². The van der Waals surface area contributed by atoms with Crippen molar-refractivity contribution < 1.29 is 27.1 Å². The molecule has 1 aromatic carbocycles. The standard InChI is InChI=1S/C18H24F2N2O4S/c19-13-6-7-17(16(20)9-13)27(25,26)22-8-2-3-12(11-22)18(24)21-14-4-1-5-15(23)10-14/h6-7,9,12,14-15,23H,1-5,8,10-11H2,(H,21,24)/t12-,14?,15?/m0/s1. The number of piperidine rings is 1. The lowest BCUT2D eigenvalue weighted by Gasteiger charge is -2.33. The van der Waals surface area contributed by atoms with E-state index in [0.29, 0.717) is 25.3 Å². The Labute approximate surface area is 157 Å². The predicted molar refractivity (Wildman–Crippen MR) is 94.2 cm³/mol. The van der Waals surface area contributed by atoms with Gasteiger partial charge in [0.25, 0.3) is 0 Å². The summed E-state index contributed by atoms with van der Waals surface area (Å²) in [5.74, 6) is -2.76. The number of carbonyl (C=O) groups is 1. The van der Waals surface area contributed by atoms with Gasteiger partial charge >= 0.3 is 0 Å². The first-order chi connectivity index (χ1) is 12.8. The van der Waals surface area contributed by atoms with E-state index in [4.69, 9.17) is 0 Å². The van der Waals surface area contributed by atoms with E-state index >= 15 is 0 Å². The smallest absolute Gasteiger partial charge is 0.246 e. The minimum Gasteiger partial charge on any atom is -0.393 e. The summed E-state index contributed by atoms with van der Waals surface area (Å²) in [6.07, 6.45) is 3.45. The molecular weight excluding hydrogens is 378 g/mol. The van der Waals surface area contributed by atoms with Crippen molar-refractivity contribution in [2.24, 2.45) is 5.92 Å². The maximum Gasteiger partial charge on any atom is 0.246 e. The van der Waals surface area contributed by atoms with Crippen LogP contribution < -0.4 is 5.32 Å². The molecule has 0 bridgehead atoms. The molecule has 1 saturated carbocycles. The SMILES string of the molecule is O=C(NC1CCCC(O)C1)[C@H]1CCCN(S(=O)(=O)c2ccc(F)cc2F)C1. The summed E-state index contributed by atoms with van der Waals surface area (Å²) in [4.78, 5) is 12.0. The summed E-state index contributed by atoms with van der Waals surface area (Å²) in [7, 11) is -4.15. The third-order valence-electron chi connectivity index (χ3n) is 5.26. The largest absolute Gasteiger partial charge is 0.393 e. The van der Waals surface area contributed by atoms with Crippen LogP contribution in [0.1, 0.15) is 38.5 Å². The van der Waals surface area contributed by atoms with Crippen LogP contribution in [-0.2, 0) is 14.8 Å². The van der Waals surface area contributed by atoms with Crippen molar-refractivity contribution in [2.45, 2.75) is 55.6 Å². The molecule has 6 nitrogen and oxygen atoms in total. The van der Waals surface area contributed by atoms with E-state index in [9.17, 15) is 27.1 Å². The molecule has 2 aliphatic rings. The van der Waals surface area contributed by atoms with Crippen LogP contribution in [0.4, 0.5) is 8.78 Å². The fraction of sp³-hybridized carbons (Fsp3) is 0.611. The number of hydrogen-bond donors (Lipinski definition) is 2.